The summed E-state index contributed by atoms with van der Waals surface area (Å²) < 4.78 is 2.86. The first kappa shape index (κ1) is 21.3. The highest BCUT2D eigenvalue weighted by Crippen LogP contribution is 2.38. The van der Waals surface area contributed by atoms with Crippen molar-refractivity contribution in [1.82, 2.24) is 9.78 Å². The van der Waals surface area contributed by atoms with Gasteiger partial charge in [-0.3, -0.25) is 9.59 Å². The fourth-order valence-electron chi connectivity index (χ4n) is 4.10. The molecule has 0 fully saturated rings. The zero-order chi connectivity index (χ0) is 24.0. The highest BCUT2D eigenvalue weighted by molar-refractivity contribution is 6.53. The Hall–Kier alpha value is -4.52. The lowest BCUT2D eigenvalue weighted by molar-refractivity contribution is -0.576. The third-order valence-electron chi connectivity index (χ3n) is 5.87. The number of hydrogen-bond donors (Lipinski definition) is 0. The van der Waals surface area contributed by atoms with E-state index in [1.54, 1.807) is 48.1 Å². The van der Waals surface area contributed by atoms with Gasteiger partial charge in [0.05, 0.1) is 17.1 Å². The molecule has 7 nitrogen and oxygen atoms in total. The second-order valence-corrected chi connectivity index (χ2v) is 8.30. The first-order valence-electron chi connectivity index (χ1n) is 10.9. The van der Waals surface area contributed by atoms with Gasteiger partial charge in [0.25, 0.3) is 11.6 Å². The van der Waals surface area contributed by atoms with Gasteiger partial charge >= 0.3 is 5.91 Å². The molecule has 2 aromatic heterocycles. The van der Waals surface area contributed by atoms with Crippen molar-refractivity contribution < 1.29 is 19.3 Å². The molecular weight excluding hydrogens is 428 g/mol. The molecule has 5 rings (SSSR count). The molecule has 0 saturated heterocycles. The van der Waals surface area contributed by atoms with E-state index in [4.69, 9.17) is 0 Å². The number of hydrogen-bond acceptors (Lipinski definition) is 4. The molecule has 2 aromatic carbocycles. The number of imide groups is 1. The molecule has 0 N–H and O–H groups in total. The molecule has 168 valence electrons. The Kier molecular flexibility index (Phi) is 5.09. The standard InChI is InChI=1S/C27H22N4O3/c1-17-9-11-20(12-10-17)30-25(32)23(24(27(30)34)29-15-13-18(2)14-16-29)22-19(3)28-31(26(22)33)21-7-5-4-6-8-21/h4-16H,1-3H3. The lowest BCUT2D eigenvalue weighted by Gasteiger charge is -2.15. The fourth-order valence-corrected chi connectivity index (χ4v) is 4.10. The summed E-state index contributed by atoms with van der Waals surface area (Å²) in [5.74, 6) is -1.50. The van der Waals surface area contributed by atoms with E-state index in [1.807, 2.05) is 56.3 Å². The summed E-state index contributed by atoms with van der Waals surface area (Å²) in [7, 11) is 0. The Labute approximate surface area is 196 Å². The average molecular weight is 450 g/mol. The summed E-state index contributed by atoms with van der Waals surface area (Å²) in [6.45, 7) is 5.54. The molecule has 0 spiro atoms. The predicted octanol–water partition coefficient (Wildman–Crippen LogP) is 3.10. The molecule has 3 heterocycles. The number of aromatic nitrogens is 3. The summed E-state index contributed by atoms with van der Waals surface area (Å²) in [4.78, 5) is 28.5. The van der Waals surface area contributed by atoms with E-state index in [0.29, 0.717) is 17.1 Å². The van der Waals surface area contributed by atoms with Gasteiger partial charge in [0.2, 0.25) is 0 Å². The van der Waals surface area contributed by atoms with Gasteiger partial charge in [-0.1, -0.05) is 35.9 Å². The number of nitrogens with zero attached hydrogens (tertiary/aromatic N) is 4. The number of pyridine rings is 1. The molecule has 0 aliphatic carbocycles. The molecule has 0 saturated carbocycles. The number of rotatable bonds is 4. The minimum atomic E-state index is -0.551. The Morgan fingerprint density at radius 2 is 1.38 bits per heavy atom. The van der Waals surface area contributed by atoms with Crippen LogP contribution in [0, 0.1) is 20.8 Å². The van der Waals surface area contributed by atoms with Crippen molar-refractivity contribution in [3.8, 4) is 11.6 Å². The number of aryl methyl sites for hydroxylation is 3. The van der Waals surface area contributed by atoms with Crippen LogP contribution in [0.25, 0.3) is 17.0 Å². The van der Waals surface area contributed by atoms with Gasteiger partial charge in [-0.05, 0) is 56.5 Å². The second-order valence-electron chi connectivity index (χ2n) is 8.30. The van der Waals surface area contributed by atoms with Gasteiger partial charge < -0.3 is 5.11 Å². The van der Waals surface area contributed by atoms with Gasteiger partial charge in [-0.15, -0.1) is 0 Å². The zero-order valence-electron chi connectivity index (χ0n) is 19.0. The average Bonchev–Trinajstić information content (AvgIpc) is 3.27. The summed E-state index contributed by atoms with van der Waals surface area (Å²) in [5, 5.41) is 17.9. The summed E-state index contributed by atoms with van der Waals surface area (Å²) in [6, 6.07) is 19.8. The summed E-state index contributed by atoms with van der Waals surface area (Å²) in [6.07, 6.45) is 3.44. The number of benzene rings is 2. The summed E-state index contributed by atoms with van der Waals surface area (Å²) >= 11 is 0. The van der Waals surface area contributed by atoms with E-state index >= 15 is 0 Å². The first-order chi connectivity index (χ1) is 16.4. The minimum absolute atomic E-state index is 0.0455. The number of carbonyl (C=O) groups is 2. The molecule has 34 heavy (non-hydrogen) atoms. The maximum absolute atomic E-state index is 13.8. The largest absolute Gasteiger partial charge is 0.858 e. The molecule has 0 atom stereocenters. The van der Waals surface area contributed by atoms with Crippen molar-refractivity contribution in [2.45, 2.75) is 20.8 Å². The fraction of sp³-hybridized carbons (Fsp3) is 0.111. The van der Waals surface area contributed by atoms with E-state index < -0.39 is 17.7 Å². The van der Waals surface area contributed by atoms with E-state index in [1.165, 1.54) is 4.68 Å². The Balaban J connectivity index is 1.74. The first-order valence-corrected chi connectivity index (χ1v) is 10.9. The highest BCUT2D eigenvalue weighted by atomic mass is 16.3. The van der Waals surface area contributed by atoms with Crippen LogP contribution < -0.4 is 14.6 Å². The van der Waals surface area contributed by atoms with E-state index in [2.05, 4.69) is 5.10 Å². The Bertz CT molecular complexity index is 1450. The topological polar surface area (TPSA) is 82.1 Å². The van der Waals surface area contributed by atoms with Gasteiger partial charge in [0.15, 0.2) is 12.4 Å². The SMILES string of the molecule is Cc1ccc(N2C(=O)C(c3c(C)nn(-c4ccccc4)c3[O-])=C([n+]3ccc(C)cc3)C2=O)cc1. The van der Waals surface area contributed by atoms with Crippen molar-refractivity contribution in [3.05, 3.63) is 102 Å². The van der Waals surface area contributed by atoms with E-state index in [-0.39, 0.29) is 16.8 Å². The van der Waals surface area contributed by atoms with Crippen molar-refractivity contribution in [1.29, 1.82) is 0 Å². The van der Waals surface area contributed by atoms with Crippen molar-refractivity contribution in [2.24, 2.45) is 0 Å². The lowest BCUT2D eigenvalue weighted by Crippen LogP contribution is -2.39. The molecule has 0 unspecified atom stereocenters. The molecule has 2 amide bonds. The molecule has 1 aliphatic heterocycles. The minimum Gasteiger partial charge on any atom is -0.858 e. The second kappa shape index (κ2) is 8.12. The molecule has 0 bridgehead atoms. The third kappa shape index (κ3) is 3.38. The molecule has 0 radical (unpaired) electrons. The van der Waals surface area contributed by atoms with Crippen LogP contribution in [0.3, 0.4) is 0 Å². The van der Waals surface area contributed by atoms with Gasteiger partial charge in [0, 0.05) is 17.7 Å². The number of carbonyl (C=O) groups excluding carboxylic acids is 2. The normalized spacial score (nSPS) is 13.8. The van der Waals surface area contributed by atoms with Crippen molar-refractivity contribution >= 4 is 28.8 Å². The van der Waals surface area contributed by atoms with Gasteiger partial charge in [-0.25, -0.2) is 9.58 Å². The van der Waals surface area contributed by atoms with Crippen LogP contribution in [0.2, 0.25) is 0 Å². The van der Waals surface area contributed by atoms with Crippen LogP contribution in [0.5, 0.6) is 5.88 Å². The molecule has 1 aliphatic rings. The highest BCUT2D eigenvalue weighted by Gasteiger charge is 2.47. The number of anilines is 1. The van der Waals surface area contributed by atoms with Crippen LogP contribution in [-0.4, -0.2) is 21.6 Å². The number of para-hydroxylation sites is 1. The van der Waals surface area contributed by atoms with Gasteiger partial charge in [-0.2, -0.15) is 9.67 Å². The zero-order valence-corrected chi connectivity index (χ0v) is 19.0. The maximum Gasteiger partial charge on any atom is 0.331 e. The van der Waals surface area contributed by atoms with E-state index in [9.17, 15) is 14.7 Å². The molecule has 4 aromatic rings. The van der Waals surface area contributed by atoms with Crippen molar-refractivity contribution in [2.75, 3.05) is 4.90 Å². The van der Waals surface area contributed by atoms with Crippen LogP contribution in [0.15, 0.2) is 79.1 Å². The molecular formula is C27H22N4O3. The predicted molar refractivity (Wildman–Crippen MR) is 126 cm³/mol. The monoisotopic (exact) mass is 450 g/mol. The van der Waals surface area contributed by atoms with Crippen LogP contribution in [-0.2, 0) is 9.59 Å². The third-order valence-corrected chi connectivity index (χ3v) is 5.87. The van der Waals surface area contributed by atoms with Crippen LogP contribution >= 0.6 is 0 Å². The van der Waals surface area contributed by atoms with Crippen LogP contribution in [0.1, 0.15) is 22.4 Å². The van der Waals surface area contributed by atoms with Gasteiger partial charge in [0.1, 0.15) is 5.57 Å². The Morgan fingerprint density at radius 1 is 0.765 bits per heavy atom. The van der Waals surface area contributed by atoms with Crippen LogP contribution in [0.4, 0.5) is 5.69 Å². The smallest absolute Gasteiger partial charge is 0.331 e. The molecule has 7 heteroatoms. The number of amides is 2. The van der Waals surface area contributed by atoms with Crippen molar-refractivity contribution in [3.63, 3.8) is 0 Å². The van der Waals surface area contributed by atoms with E-state index in [0.717, 1.165) is 16.0 Å². The maximum atomic E-state index is 13.8. The quantitative estimate of drug-likeness (QED) is 0.353. The Morgan fingerprint density at radius 3 is 2.03 bits per heavy atom. The lowest BCUT2D eigenvalue weighted by atomic mass is 10.0. The summed E-state index contributed by atoms with van der Waals surface area (Å²) in [5.41, 5.74) is 3.71.